The van der Waals surface area contributed by atoms with Crippen LogP contribution in [-0.2, 0) is 14.4 Å². The van der Waals surface area contributed by atoms with E-state index in [4.69, 9.17) is 17.3 Å². The second-order valence-corrected chi connectivity index (χ2v) is 7.80. The third-order valence-corrected chi connectivity index (χ3v) is 6.26. The number of anilines is 1. The van der Waals surface area contributed by atoms with E-state index in [1.54, 1.807) is 24.3 Å². The van der Waals surface area contributed by atoms with Crippen molar-refractivity contribution in [3.8, 4) is 0 Å². The Hall–Kier alpha value is -2.96. The summed E-state index contributed by atoms with van der Waals surface area (Å²) < 4.78 is 0. The largest absolute Gasteiger partial charge is 0.364 e. The van der Waals surface area contributed by atoms with Crippen LogP contribution >= 0.6 is 11.6 Å². The number of carbonyl (C=O) groups is 3. The molecule has 3 aliphatic heterocycles. The smallest absolute Gasteiger partial charge is 0.277 e. The van der Waals surface area contributed by atoms with Crippen molar-refractivity contribution >= 4 is 41.1 Å². The number of halogens is 1. The predicted molar refractivity (Wildman–Crippen MR) is 103 cm³/mol. The van der Waals surface area contributed by atoms with Crippen LogP contribution in [0.2, 0.25) is 5.02 Å². The zero-order valence-electron chi connectivity index (χ0n) is 14.7. The average Bonchev–Trinajstić information content (AvgIpc) is 3.16. The molecule has 0 bridgehead atoms. The van der Waals surface area contributed by atoms with E-state index in [9.17, 15) is 14.4 Å². The molecule has 3 aliphatic rings. The molecule has 140 valence electrons. The van der Waals surface area contributed by atoms with Crippen LogP contribution in [0.1, 0.15) is 17.2 Å². The molecular weight excluding hydrogens is 378 g/mol. The Balaban J connectivity index is 1.65. The predicted octanol–water partition coefficient (Wildman–Crippen LogP) is 0.924. The standard InChI is InChI=1S/C21H16ClN3O3/c22-12-5-7-13(8-6-12)25-20(27)15-16(21(25)28)18(19(23)26)24-10-9-11-3-1-2-4-14(11)17(15)24/h1-10,15-18H,(H2,23,26)/p+1/t15-,16+,17+,18+/m0/s1. The summed E-state index contributed by atoms with van der Waals surface area (Å²) in [4.78, 5) is 40.9. The summed E-state index contributed by atoms with van der Waals surface area (Å²) in [6.07, 6.45) is 3.78. The van der Waals surface area contributed by atoms with Crippen molar-refractivity contribution in [3.63, 3.8) is 0 Å². The van der Waals surface area contributed by atoms with E-state index >= 15 is 0 Å². The van der Waals surface area contributed by atoms with Crippen molar-refractivity contribution in [1.82, 2.24) is 0 Å². The number of imide groups is 1. The zero-order chi connectivity index (χ0) is 19.6. The fraction of sp³-hybridized carbons (Fsp3) is 0.190. The molecule has 6 nitrogen and oxygen atoms in total. The number of carbonyl (C=O) groups excluding carboxylic acids is 3. The summed E-state index contributed by atoms with van der Waals surface area (Å²) in [6.45, 7) is 0. The molecule has 0 saturated carbocycles. The number of hydrogen-bond acceptors (Lipinski definition) is 3. The van der Waals surface area contributed by atoms with Gasteiger partial charge >= 0.3 is 0 Å². The van der Waals surface area contributed by atoms with Gasteiger partial charge in [0.05, 0.1) is 11.9 Å². The Morgan fingerprint density at radius 2 is 1.68 bits per heavy atom. The number of fused-ring (bicyclic) bond motifs is 5. The number of rotatable bonds is 2. The maximum absolute atomic E-state index is 13.4. The minimum Gasteiger partial charge on any atom is -0.364 e. The lowest BCUT2D eigenvalue weighted by atomic mass is 9.84. The minimum absolute atomic E-state index is 0.298. The van der Waals surface area contributed by atoms with Gasteiger partial charge in [-0.05, 0) is 35.9 Å². The van der Waals surface area contributed by atoms with Gasteiger partial charge in [0.25, 0.3) is 5.91 Å². The number of hydrogen-bond donors (Lipinski definition) is 2. The lowest BCUT2D eigenvalue weighted by molar-refractivity contribution is -0.884. The Morgan fingerprint density at radius 3 is 2.39 bits per heavy atom. The molecule has 0 aliphatic carbocycles. The molecule has 3 heterocycles. The van der Waals surface area contributed by atoms with Gasteiger partial charge in [-0.25, -0.2) is 4.90 Å². The van der Waals surface area contributed by atoms with Crippen LogP contribution in [0.15, 0.2) is 54.7 Å². The van der Waals surface area contributed by atoms with Crippen molar-refractivity contribution in [2.75, 3.05) is 4.90 Å². The highest BCUT2D eigenvalue weighted by Crippen LogP contribution is 2.44. The number of nitrogens with zero attached hydrogens (tertiary/aromatic N) is 1. The fourth-order valence-corrected chi connectivity index (χ4v) is 5.05. The number of amides is 3. The molecule has 2 aromatic rings. The maximum Gasteiger partial charge on any atom is 0.277 e. The number of nitrogens with two attached hydrogens (primary N) is 1. The van der Waals surface area contributed by atoms with E-state index in [0.717, 1.165) is 16.0 Å². The summed E-state index contributed by atoms with van der Waals surface area (Å²) in [6, 6.07) is 13.2. The molecule has 2 aromatic carbocycles. The van der Waals surface area contributed by atoms with Crippen molar-refractivity contribution in [1.29, 1.82) is 0 Å². The van der Waals surface area contributed by atoms with Crippen LogP contribution in [0.3, 0.4) is 0 Å². The van der Waals surface area contributed by atoms with Crippen molar-refractivity contribution in [2.24, 2.45) is 17.6 Å². The third kappa shape index (κ3) is 2.22. The molecule has 2 saturated heterocycles. The fourth-order valence-electron chi connectivity index (χ4n) is 4.92. The zero-order valence-corrected chi connectivity index (χ0v) is 15.5. The lowest BCUT2D eigenvalue weighted by Gasteiger charge is -2.29. The number of quaternary nitrogens is 1. The van der Waals surface area contributed by atoms with Gasteiger partial charge in [0.15, 0.2) is 6.04 Å². The molecule has 0 radical (unpaired) electrons. The summed E-state index contributed by atoms with van der Waals surface area (Å²) in [5.74, 6) is -2.67. The van der Waals surface area contributed by atoms with Gasteiger partial charge < -0.3 is 5.73 Å². The van der Waals surface area contributed by atoms with E-state index in [0.29, 0.717) is 10.7 Å². The number of benzene rings is 2. The van der Waals surface area contributed by atoms with Gasteiger partial charge in [0.2, 0.25) is 11.8 Å². The van der Waals surface area contributed by atoms with Crippen LogP contribution in [0.4, 0.5) is 5.69 Å². The highest BCUT2D eigenvalue weighted by atomic mass is 35.5. The third-order valence-electron chi connectivity index (χ3n) is 6.01. The van der Waals surface area contributed by atoms with Gasteiger partial charge in [-0.3, -0.25) is 19.3 Å². The topological polar surface area (TPSA) is 84.9 Å². The normalized spacial score (nSPS) is 30.2. The molecule has 3 N–H and O–H groups in total. The highest BCUT2D eigenvalue weighted by molar-refractivity contribution is 6.31. The quantitative estimate of drug-likeness (QED) is 0.743. The molecular formula is C21H17ClN3O3+. The lowest BCUT2D eigenvalue weighted by Crippen LogP contribution is -3.12. The van der Waals surface area contributed by atoms with E-state index in [1.165, 1.54) is 4.90 Å². The second kappa shape index (κ2) is 6.02. The average molecular weight is 395 g/mol. The Bertz CT molecular complexity index is 1050. The molecule has 5 atom stereocenters. The second-order valence-electron chi connectivity index (χ2n) is 7.36. The van der Waals surface area contributed by atoms with Gasteiger partial charge in [-0.1, -0.05) is 35.9 Å². The molecule has 2 fully saturated rings. The first kappa shape index (κ1) is 17.2. The summed E-state index contributed by atoms with van der Waals surface area (Å²) in [7, 11) is 0. The van der Waals surface area contributed by atoms with Crippen LogP contribution < -0.4 is 15.5 Å². The first-order valence-corrected chi connectivity index (χ1v) is 9.43. The highest BCUT2D eigenvalue weighted by Gasteiger charge is 2.67. The number of nitrogens with one attached hydrogen (secondary N) is 1. The molecule has 3 amide bonds. The van der Waals surface area contributed by atoms with Gasteiger partial charge in [-0.15, -0.1) is 0 Å². The van der Waals surface area contributed by atoms with Crippen molar-refractivity contribution in [2.45, 2.75) is 12.1 Å². The minimum atomic E-state index is -0.784. The Morgan fingerprint density at radius 1 is 1.00 bits per heavy atom. The van der Waals surface area contributed by atoms with Crippen LogP contribution in [0, 0.1) is 11.8 Å². The molecule has 0 spiro atoms. The molecule has 1 unspecified atom stereocenters. The van der Waals surface area contributed by atoms with E-state index < -0.39 is 23.8 Å². The van der Waals surface area contributed by atoms with Gasteiger partial charge in [0, 0.05) is 10.6 Å². The van der Waals surface area contributed by atoms with Crippen molar-refractivity contribution < 1.29 is 19.3 Å². The first-order valence-electron chi connectivity index (χ1n) is 9.05. The molecule has 7 heteroatoms. The maximum atomic E-state index is 13.4. The van der Waals surface area contributed by atoms with Crippen LogP contribution in [0.25, 0.3) is 6.08 Å². The van der Waals surface area contributed by atoms with Crippen LogP contribution in [0.5, 0.6) is 0 Å². The monoisotopic (exact) mass is 394 g/mol. The van der Waals surface area contributed by atoms with E-state index in [2.05, 4.69) is 0 Å². The number of primary amides is 1. The van der Waals surface area contributed by atoms with E-state index in [-0.39, 0.29) is 17.9 Å². The molecule has 0 aromatic heterocycles. The Kier molecular flexibility index (Phi) is 3.69. The van der Waals surface area contributed by atoms with Crippen LogP contribution in [-0.4, -0.2) is 23.8 Å². The molecule has 5 rings (SSSR count). The van der Waals surface area contributed by atoms with Gasteiger partial charge in [-0.2, -0.15) is 0 Å². The Labute approximate surface area is 166 Å². The summed E-state index contributed by atoms with van der Waals surface area (Å²) in [5.41, 5.74) is 8.10. The SMILES string of the molecule is NC(=O)[C@H]1[C@@H]2C(=O)N(c3ccc(Cl)cc3)C(=O)[C@@H]2[C@H]2c3ccccc3C=C[NH+]21. The van der Waals surface area contributed by atoms with E-state index in [1.807, 2.05) is 36.5 Å². The first-order chi connectivity index (χ1) is 13.5. The van der Waals surface area contributed by atoms with Gasteiger partial charge in [0.1, 0.15) is 17.9 Å². The molecule has 28 heavy (non-hydrogen) atoms. The van der Waals surface area contributed by atoms with Crippen molar-refractivity contribution in [3.05, 3.63) is 70.9 Å². The summed E-state index contributed by atoms with van der Waals surface area (Å²) >= 11 is 5.94. The summed E-state index contributed by atoms with van der Waals surface area (Å²) in [5, 5.41) is 0.514.